The molecule has 2 aromatic carbocycles. The van der Waals surface area contributed by atoms with Crippen LogP contribution in [0.2, 0.25) is 0 Å². The van der Waals surface area contributed by atoms with E-state index in [1.54, 1.807) is 12.1 Å². The van der Waals surface area contributed by atoms with Gasteiger partial charge in [-0.1, -0.05) is 86.7 Å². The Bertz CT molecular complexity index is 756. The number of thiocarbonyl (C=S) groups is 1. The van der Waals surface area contributed by atoms with Crippen molar-refractivity contribution in [2.75, 3.05) is 0 Å². The molecular formula is C22H25NO2S. The van der Waals surface area contributed by atoms with Crippen molar-refractivity contribution in [2.24, 2.45) is 11.8 Å². The fourth-order valence-corrected chi connectivity index (χ4v) is 3.35. The molecule has 3 nitrogen and oxygen atoms in total. The maximum absolute atomic E-state index is 13.0. The third kappa shape index (κ3) is 5.33. The van der Waals surface area contributed by atoms with Crippen LogP contribution in [0, 0.1) is 11.8 Å². The molecule has 2 aromatic rings. The molecule has 0 saturated heterocycles. The summed E-state index contributed by atoms with van der Waals surface area (Å²) in [6, 6.07) is 18.2. The fourth-order valence-electron chi connectivity index (χ4n) is 3.06. The number of rotatable bonds is 8. The van der Waals surface area contributed by atoms with Crippen LogP contribution in [0.25, 0.3) is 0 Å². The largest absolute Gasteiger partial charge is 0.372 e. The van der Waals surface area contributed by atoms with Crippen LogP contribution < -0.4 is 5.32 Å². The predicted octanol–water partition coefficient (Wildman–Crippen LogP) is 4.45. The number of benzene rings is 2. The van der Waals surface area contributed by atoms with Crippen molar-refractivity contribution in [1.82, 2.24) is 5.32 Å². The molecule has 0 saturated carbocycles. The lowest BCUT2D eigenvalue weighted by Gasteiger charge is -2.28. The van der Waals surface area contributed by atoms with Gasteiger partial charge >= 0.3 is 0 Å². The van der Waals surface area contributed by atoms with Gasteiger partial charge in [0.2, 0.25) is 0 Å². The zero-order chi connectivity index (χ0) is 19.1. The molecule has 136 valence electrons. The Hall–Kier alpha value is -2.33. The van der Waals surface area contributed by atoms with Crippen LogP contribution in [-0.4, -0.2) is 22.6 Å². The highest BCUT2D eigenvalue weighted by atomic mass is 32.1. The summed E-state index contributed by atoms with van der Waals surface area (Å²) in [4.78, 5) is 26.0. The van der Waals surface area contributed by atoms with E-state index in [0.717, 1.165) is 5.56 Å². The van der Waals surface area contributed by atoms with Crippen molar-refractivity contribution in [3.63, 3.8) is 0 Å². The highest BCUT2D eigenvalue weighted by Crippen LogP contribution is 2.20. The third-order valence-electron chi connectivity index (χ3n) is 4.26. The third-order valence-corrected chi connectivity index (χ3v) is 4.61. The summed E-state index contributed by atoms with van der Waals surface area (Å²) >= 11 is 5.52. The quantitative estimate of drug-likeness (QED) is 0.425. The first-order valence-corrected chi connectivity index (χ1v) is 9.26. The molecule has 2 unspecified atom stereocenters. The summed E-state index contributed by atoms with van der Waals surface area (Å²) in [6.45, 7) is 5.63. The zero-order valence-corrected chi connectivity index (χ0v) is 16.3. The van der Waals surface area contributed by atoms with Gasteiger partial charge in [-0.15, -0.1) is 0 Å². The minimum atomic E-state index is -0.763. The molecule has 1 N–H and O–H groups in total. The minimum Gasteiger partial charge on any atom is -0.372 e. The number of hydrogen-bond donors (Lipinski definition) is 1. The first-order valence-electron chi connectivity index (χ1n) is 8.85. The molecule has 0 aliphatic heterocycles. The summed E-state index contributed by atoms with van der Waals surface area (Å²) < 4.78 is 0. The van der Waals surface area contributed by atoms with Crippen molar-refractivity contribution in [2.45, 2.75) is 33.2 Å². The van der Waals surface area contributed by atoms with E-state index < -0.39 is 5.92 Å². The molecule has 0 aromatic heterocycles. The van der Waals surface area contributed by atoms with E-state index in [1.807, 2.05) is 48.5 Å². The standard InChI is InChI=1S/C22H25NO2S/c1-15(2)14-19(23-22(26)18-12-8-5-9-13-18)20(16(3)24)21(25)17-10-6-4-7-11-17/h4-13,15,19-20H,14H2,1-3H3,(H,23,26). The first kappa shape index (κ1) is 20.0. The van der Waals surface area contributed by atoms with Gasteiger partial charge in [-0.05, 0) is 19.3 Å². The Labute approximate surface area is 160 Å². The van der Waals surface area contributed by atoms with Crippen LogP contribution >= 0.6 is 12.2 Å². The minimum absolute atomic E-state index is 0.145. The smallest absolute Gasteiger partial charge is 0.175 e. The van der Waals surface area contributed by atoms with Gasteiger partial charge in [0.05, 0.1) is 0 Å². The highest BCUT2D eigenvalue weighted by Gasteiger charge is 2.33. The fraction of sp³-hybridized carbons (Fsp3) is 0.318. The highest BCUT2D eigenvalue weighted by molar-refractivity contribution is 7.80. The molecule has 0 spiro atoms. The molecule has 0 aliphatic rings. The van der Waals surface area contributed by atoms with Crippen molar-refractivity contribution in [1.29, 1.82) is 0 Å². The van der Waals surface area contributed by atoms with Gasteiger partial charge in [0.1, 0.15) is 16.7 Å². The molecule has 26 heavy (non-hydrogen) atoms. The monoisotopic (exact) mass is 367 g/mol. The second-order valence-corrected chi connectivity index (χ2v) is 7.30. The summed E-state index contributed by atoms with van der Waals surface area (Å²) in [6.07, 6.45) is 0.676. The van der Waals surface area contributed by atoms with Crippen molar-refractivity contribution >= 4 is 28.8 Å². The number of Topliss-reactive ketones (excluding diaryl/α,β-unsaturated/α-hetero) is 2. The van der Waals surface area contributed by atoms with Gasteiger partial charge in [0, 0.05) is 17.2 Å². The average Bonchev–Trinajstić information content (AvgIpc) is 2.62. The Balaban J connectivity index is 2.30. The lowest BCUT2D eigenvalue weighted by molar-refractivity contribution is -0.120. The Morgan fingerprint density at radius 1 is 0.923 bits per heavy atom. The van der Waals surface area contributed by atoms with Crippen LogP contribution in [0.15, 0.2) is 60.7 Å². The number of hydrogen-bond acceptors (Lipinski definition) is 3. The summed E-state index contributed by atoms with van der Waals surface area (Å²) in [7, 11) is 0. The molecule has 4 heteroatoms. The normalized spacial score (nSPS) is 13.1. The van der Waals surface area contributed by atoms with Gasteiger partial charge in [-0.25, -0.2) is 0 Å². The average molecular weight is 368 g/mol. The summed E-state index contributed by atoms with van der Waals surface area (Å²) in [5, 5.41) is 3.29. The second-order valence-electron chi connectivity index (χ2n) is 6.89. The second kappa shape index (κ2) is 9.39. The van der Waals surface area contributed by atoms with Gasteiger partial charge in [0.15, 0.2) is 5.78 Å². The topological polar surface area (TPSA) is 46.2 Å². The van der Waals surface area contributed by atoms with E-state index in [9.17, 15) is 9.59 Å². The van der Waals surface area contributed by atoms with Crippen molar-refractivity contribution in [3.8, 4) is 0 Å². The van der Waals surface area contributed by atoms with E-state index in [-0.39, 0.29) is 17.6 Å². The van der Waals surface area contributed by atoms with Crippen LogP contribution in [0.5, 0.6) is 0 Å². The van der Waals surface area contributed by atoms with E-state index in [0.29, 0.717) is 22.9 Å². The lowest BCUT2D eigenvalue weighted by atomic mass is 9.83. The maximum atomic E-state index is 13.0. The van der Waals surface area contributed by atoms with Crippen molar-refractivity contribution < 1.29 is 9.59 Å². The Morgan fingerprint density at radius 3 is 1.88 bits per heavy atom. The maximum Gasteiger partial charge on any atom is 0.175 e. The molecule has 0 fully saturated rings. The van der Waals surface area contributed by atoms with E-state index >= 15 is 0 Å². The summed E-state index contributed by atoms with van der Waals surface area (Å²) in [5.41, 5.74) is 1.43. The number of ketones is 2. The lowest BCUT2D eigenvalue weighted by Crippen LogP contribution is -2.46. The number of nitrogens with one attached hydrogen (secondary N) is 1. The zero-order valence-electron chi connectivity index (χ0n) is 15.4. The molecule has 2 atom stereocenters. The van der Waals surface area contributed by atoms with E-state index in [2.05, 4.69) is 19.2 Å². The molecular weight excluding hydrogens is 342 g/mol. The molecule has 0 heterocycles. The van der Waals surface area contributed by atoms with E-state index in [1.165, 1.54) is 6.92 Å². The van der Waals surface area contributed by atoms with Crippen LogP contribution in [0.3, 0.4) is 0 Å². The van der Waals surface area contributed by atoms with Crippen LogP contribution in [-0.2, 0) is 4.79 Å². The molecule has 0 amide bonds. The van der Waals surface area contributed by atoms with Crippen LogP contribution in [0.1, 0.15) is 43.1 Å². The van der Waals surface area contributed by atoms with Crippen LogP contribution in [0.4, 0.5) is 0 Å². The van der Waals surface area contributed by atoms with E-state index in [4.69, 9.17) is 12.2 Å². The Kier molecular flexibility index (Phi) is 7.22. The SMILES string of the molecule is CC(=O)C(C(=O)c1ccccc1)C(CC(C)C)NC(=S)c1ccccc1. The van der Waals surface area contributed by atoms with Gasteiger partial charge in [-0.3, -0.25) is 9.59 Å². The van der Waals surface area contributed by atoms with Gasteiger partial charge in [-0.2, -0.15) is 0 Å². The molecule has 0 bridgehead atoms. The Morgan fingerprint density at radius 2 is 1.42 bits per heavy atom. The summed E-state index contributed by atoms with van der Waals surface area (Å²) in [5.74, 6) is -0.752. The molecule has 2 rings (SSSR count). The van der Waals surface area contributed by atoms with Crippen molar-refractivity contribution in [3.05, 3.63) is 71.8 Å². The molecule has 0 radical (unpaired) electrons. The van der Waals surface area contributed by atoms with Gasteiger partial charge < -0.3 is 5.32 Å². The number of carbonyl (C=O) groups excluding carboxylic acids is 2. The number of carbonyl (C=O) groups is 2. The molecule has 0 aliphatic carbocycles. The van der Waals surface area contributed by atoms with Gasteiger partial charge in [0.25, 0.3) is 0 Å². The first-order chi connectivity index (χ1) is 12.4. The predicted molar refractivity (Wildman–Crippen MR) is 109 cm³/mol.